The molecular formula is C10H11F2N3O5. The van der Waals surface area contributed by atoms with Crippen molar-refractivity contribution in [2.24, 2.45) is 5.73 Å². The average Bonchev–Trinajstić information content (AvgIpc) is 2.68. The summed E-state index contributed by atoms with van der Waals surface area (Å²) in [6.07, 6.45) is -6.21. The molecule has 10 heteroatoms. The van der Waals surface area contributed by atoms with Crippen molar-refractivity contribution in [2.45, 2.75) is 24.6 Å². The van der Waals surface area contributed by atoms with Crippen LogP contribution >= 0.6 is 0 Å². The number of nitrogens with two attached hydrogens (primary N) is 1. The topological polar surface area (TPSA) is 128 Å². The zero-order valence-corrected chi connectivity index (χ0v) is 9.94. The van der Waals surface area contributed by atoms with Crippen molar-refractivity contribution in [1.29, 1.82) is 0 Å². The third-order valence-electron chi connectivity index (χ3n) is 2.88. The van der Waals surface area contributed by atoms with Crippen molar-refractivity contribution in [3.63, 3.8) is 0 Å². The lowest BCUT2D eigenvalue weighted by Crippen LogP contribution is -2.37. The third kappa shape index (κ3) is 2.28. The van der Waals surface area contributed by atoms with E-state index < -0.39 is 54.3 Å². The van der Waals surface area contributed by atoms with Crippen LogP contribution < -0.4 is 11.3 Å². The molecule has 0 unspecified atom stereocenters. The van der Waals surface area contributed by atoms with Crippen molar-refractivity contribution in [1.82, 2.24) is 9.55 Å². The number of alkyl halides is 1. The van der Waals surface area contributed by atoms with E-state index in [9.17, 15) is 23.5 Å². The second-order valence-corrected chi connectivity index (χ2v) is 4.17. The molecule has 1 aromatic rings. The van der Waals surface area contributed by atoms with Gasteiger partial charge in [-0.15, -0.1) is 0 Å². The van der Waals surface area contributed by atoms with Crippen LogP contribution in [0.3, 0.4) is 0 Å². The number of carbonyl (C=O) groups excluding carboxylic acids is 1. The highest BCUT2D eigenvalue weighted by Crippen LogP contribution is 2.30. The number of amides is 1. The second kappa shape index (κ2) is 5.23. The Bertz CT molecular complexity index is 593. The minimum atomic E-state index is -2.09. The molecule has 2 heterocycles. The Morgan fingerprint density at radius 1 is 1.60 bits per heavy atom. The fourth-order valence-electron chi connectivity index (χ4n) is 1.91. The van der Waals surface area contributed by atoms with Gasteiger partial charge in [0.05, 0.1) is 12.8 Å². The maximum atomic E-state index is 13.8. The molecule has 110 valence electrons. The van der Waals surface area contributed by atoms with Crippen molar-refractivity contribution in [2.75, 3.05) is 6.61 Å². The van der Waals surface area contributed by atoms with Crippen LogP contribution in [0.2, 0.25) is 0 Å². The van der Waals surface area contributed by atoms with Crippen LogP contribution in [-0.2, 0) is 4.74 Å². The second-order valence-electron chi connectivity index (χ2n) is 4.17. The summed E-state index contributed by atoms with van der Waals surface area (Å²) in [7, 11) is 0. The first-order valence-corrected chi connectivity index (χ1v) is 5.53. The number of aliphatic hydroxyl groups is 2. The molecule has 0 radical (unpaired) electrons. The highest BCUT2D eigenvalue weighted by molar-refractivity contribution is 5.90. The summed E-state index contributed by atoms with van der Waals surface area (Å²) in [5.74, 6) is -2.52. The van der Waals surface area contributed by atoms with E-state index >= 15 is 0 Å². The van der Waals surface area contributed by atoms with Crippen molar-refractivity contribution in [3.05, 3.63) is 28.2 Å². The molecule has 2 rings (SSSR count). The summed E-state index contributed by atoms with van der Waals surface area (Å²) < 4.78 is 32.5. The molecular weight excluding hydrogens is 280 g/mol. The van der Waals surface area contributed by atoms with E-state index in [4.69, 9.17) is 15.6 Å². The normalized spacial score (nSPS) is 29.6. The zero-order chi connectivity index (χ0) is 15.0. The number of carbonyl (C=O) groups is 1. The summed E-state index contributed by atoms with van der Waals surface area (Å²) in [5.41, 5.74) is 2.79. The van der Waals surface area contributed by atoms with Crippen molar-refractivity contribution >= 4 is 5.91 Å². The molecule has 0 saturated carbocycles. The molecule has 1 aromatic heterocycles. The number of aromatic nitrogens is 2. The first-order chi connectivity index (χ1) is 9.36. The Hall–Kier alpha value is -1.91. The molecule has 1 aliphatic rings. The van der Waals surface area contributed by atoms with Crippen LogP contribution in [0.4, 0.5) is 8.78 Å². The summed E-state index contributed by atoms with van der Waals surface area (Å²) in [4.78, 5) is 25.8. The van der Waals surface area contributed by atoms with Gasteiger partial charge in [-0.1, -0.05) is 0 Å². The Labute approximate surface area is 110 Å². The van der Waals surface area contributed by atoms with Crippen LogP contribution in [0.5, 0.6) is 0 Å². The number of hydrogen-bond acceptors (Lipinski definition) is 6. The highest BCUT2D eigenvalue weighted by atomic mass is 19.1. The average molecular weight is 291 g/mol. The van der Waals surface area contributed by atoms with E-state index in [1.54, 1.807) is 0 Å². The molecule has 20 heavy (non-hydrogen) atoms. The van der Waals surface area contributed by atoms with Crippen LogP contribution in [0, 0.1) is 5.95 Å². The number of nitrogens with zero attached hydrogens (tertiary/aromatic N) is 2. The molecule has 1 fully saturated rings. The largest absolute Gasteiger partial charge is 0.394 e. The van der Waals surface area contributed by atoms with Gasteiger partial charge in [-0.25, -0.2) is 9.37 Å². The van der Waals surface area contributed by atoms with Gasteiger partial charge in [-0.05, 0) is 0 Å². The summed E-state index contributed by atoms with van der Waals surface area (Å²) >= 11 is 0. The Balaban J connectivity index is 2.49. The molecule has 1 saturated heterocycles. The predicted octanol–water partition coefficient (Wildman–Crippen LogP) is -1.93. The Kier molecular flexibility index (Phi) is 3.79. The highest BCUT2D eigenvalue weighted by Gasteiger charge is 2.45. The van der Waals surface area contributed by atoms with E-state index in [0.717, 1.165) is 0 Å². The lowest BCUT2D eigenvalue weighted by Gasteiger charge is -2.16. The van der Waals surface area contributed by atoms with E-state index in [1.165, 1.54) is 0 Å². The molecule has 1 aliphatic heterocycles. The fourth-order valence-corrected chi connectivity index (χ4v) is 1.91. The molecule has 4 N–H and O–H groups in total. The standard InChI is InChI=1S/C10H11F2N3O5/c11-4-1-15(9(19)6(14-4)8(13)18)10-5(12)7(17)3(2-16)20-10/h1,3,5,7,10,16-17H,2H2,(H2,13,18)/t3-,5+,7+,10-/m1/s1. The predicted molar refractivity (Wildman–Crippen MR) is 58.9 cm³/mol. The number of ether oxygens (including phenoxy) is 1. The maximum absolute atomic E-state index is 13.8. The van der Waals surface area contributed by atoms with Gasteiger partial charge in [-0.3, -0.25) is 14.2 Å². The number of halogens is 2. The van der Waals surface area contributed by atoms with E-state index in [2.05, 4.69) is 4.98 Å². The first-order valence-electron chi connectivity index (χ1n) is 5.53. The summed E-state index contributed by atoms with van der Waals surface area (Å²) in [5, 5.41) is 18.3. The molecule has 0 spiro atoms. The van der Waals surface area contributed by atoms with E-state index in [1.807, 2.05) is 0 Å². The minimum absolute atomic E-state index is 0.436. The molecule has 0 aliphatic carbocycles. The minimum Gasteiger partial charge on any atom is -0.394 e. The molecule has 0 bridgehead atoms. The number of primary amides is 1. The van der Waals surface area contributed by atoms with Crippen LogP contribution in [0.15, 0.2) is 11.0 Å². The van der Waals surface area contributed by atoms with E-state index in [0.29, 0.717) is 10.8 Å². The van der Waals surface area contributed by atoms with Gasteiger partial charge >= 0.3 is 0 Å². The monoisotopic (exact) mass is 291 g/mol. The Morgan fingerprint density at radius 3 is 2.75 bits per heavy atom. The van der Waals surface area contributed by atoms with Gasteiger partial charge in [0, 0.05) is 0 Å². The molecule has 0 aromatic carbocycles. The van der Waals surface area contributed by atoms with Crippen LogP contribution in [0.1, 0.15) is 16.7 Å². The number of hydrogen-bond donors (Lipinski definition) is 3. The van der Waals surface area contributed by atoms with Crippen LogP contribution in [-0.4, -0.2) is 50.7 Å². The van der Waals surface area contributed by atoms with Gasteiger partial charge in [0.15, 0.2) is 18.1 Å². The maximum Gasteiger partial charge on any atom is 0.284 e. The van der Waals surface area contributed by atoms with Crippen molar-refractivity contribution in [3.8, 4) is 0 Å². The van der Waals surface area contributed by atoms with Crippen molar-refractivity contribution < 1.29 is 28.5 Å². The number of aliphatic hydroxyl groups excluding tert-OH is 2. The molecule has 4 atom stereocenters. The van der Waals surface area contributed by atoms with Gasteiger partial charge in [-0.2, -0.15) is 4.39 Å². The van der Waals surface area contributed by atoms with Crippen LogP contribution in [0.25, 0.3) is 0 Å². The Morgan fingerprint density at radius 2 is 2.25 bits per heavy atom. The smallest absolute Gasteiger partial charge is 0.284 e. The van der Waals surface area contributed by atoms with Gasteiger partial charge < -0.3 is 20.7 Å². The first kappa shape index (κ1) is 14.5. The van der Waals surface area contributed by atoms with Gasteiger partial charge in [0.25, 0.3) is 11.5 Å². The quantitative estimate of drug-likeness (QED) is 0.595. The van der Waals surface area contributed by atoms with Gasteiger partial charge in [0.2, 0.25) is 5.95 Å². The lowest BCUT2D eigenvalue weighted by molar-refractivity contribution is -0.0491. The molecule has 8 nitrogen and oxygen atoms in total. The SMILES string of the molecule is NC(=O)c1nc(F)cn([C@@H]2O[C@H](CO)[C@H](O)[C@@H]2F)c1=O. The number of rotatable bonds is 3. The molecule has 1 amide bonds. The summed E-state index contributed by atoms with van der Waals surface area (Å²) in [6, 6.07) is 0. The third-order valence-corrected chi connectivity index (χ3v) is 2.88. The lowest BCUT2D eigenvalue weighted by atomic mass is 10.1. The fraction of sp³-hybridized carbons (Fsp3) is 0.500. The summed E-state index contributed by atoms with van der Waals surface area (Å²) in [6.45, 7) is -0.691. The zero-order valence-electron chi connectivity index (χ0n) is 9.94. The van der Waals surface area contributed by atoms with Gasteiger partial charge in [0.1, 0.15) is 12.2 Å². The van der Waals surface area contributed by atoms with E-state index in [-0.39, 0.29) is 0 Å².